The van der Waals surface area contributed by atoms with Crippen LogP contribution in [-0.2, 0) is 0 Å². The Balaban J connectivity index is 1.99. The van der Waals surface area contributed by atoms with Crippen LogP contribution in [0.1, 0.15) is 26.6 Å². The highest BCUT2D eigenvalue weighted by Gasteiger charge is 2.10. The number of carbonyl (C=O) groups is 1. The molecule has 0 fully saturated rings. The zero-order valence-corrected chi connectivity index (χ0v) is 13.4. The van der Waals surface area contributed by atoms with Gasteiger partial charge in [0.25, 0.3) is 5.56 Å². The van der Waals surface area contributed by atoms with Crippen molar-refractivity contribution in [1.82, 2.24) is 14.6 Å². The molecule has 0 saturated carbocycles. The second-order valence-corrected chi connectivity index (χ2v) is 6.12. The molecule has 0 aliphatic heterocycles. The molecular weight excluding hydrogens is 338 g/mol. The maximum atomic E-state index is 11.8. The quantitative estimate of drug-likeness (QED) is 0.787. The van der Waals surface area contributed by atoms with Crippen LogP contribution in [0, 0.1) is 6.92 Å². The Kier molecular flexibility index (Phi) is 3.97. The molecule has 2 heterocycles. The number of hydrogen-bond donors (Lipinski definition) is 1. The van der Waals surface area contributed by atoms with Crippen molar-refractivity contribution in [1.29, 1.82) is 0 Å². The summed E-state index contributed by atoms with van der Waals surface area (Å²) >= 11 is 7.46. The molecule has 6 nitrogen and oxygen atoms in total. The first-order valence-electron chi connectivity index (χ1n) is 6.52. The van der Waals surface area contributed by atoms with Crippen LogP contribution in [-0.4, -0.2) is 25.7 Å². The number of aromatic nitrogens is 3. The van der Waals surface area contributed by atoms with Crippen molar-refractivity contribution < 1.29 is 9.90 Å². The standard InChI is InChI=1S/C15H10ClN3O3S/c1-8-6-12(20)19-15(17-8)23-13(18-19)11(16)7-9-2-4-10(5-3-9)14(21)22/h2-7H,1H3,(H,21,22)/b11-7-. The smallest absolute Gasteiger partial charge is 0.335 e. The molecule has 3 rings (SSSR count). The zero-order valence-electron chi connectivity index (χ0n) is 11.9. The number of halogens is 1. The van der Waals surface area contributed by atoms with Gasteiger partial charge < -0.3 is 5.11 Å². The van der Waals surface area contributed by atoms with Gasteiger partial charge in [-0.1, -0.05) is 35.1 Å². The molecule has 0 aliphatic rings. The highest BCUT2D eigenvalue weighted by molar-refractivity contribution is 7.18. The van der Waals surface area contributed by atoms with Gasteiger partial charge in [-0.25, -0.2) is 9.78 Å². The molecule has 0 radical (unpaired) electrons. The van der Waals surface area contributed by atoms with Crippen molar-refractivity contribution in [3.8, 4) is 0 Å². The van der Waals surface area contributed by atoms with Gasteiger partial charge in [0.05, 0.1) is 10.6 Å². The molecule has 1 aromatic carbocycles. The summed E-state index contributed by atoms with van der Waals surface area (Å²) in [6, 6.07) is 7.68. The van der Waals surface area contributed by atoms with E-state index in [1.165, 1.54) is 34.1 Å². The summed E-state index contributed by atoms with van der Waals surface area (Å²) in [5, 5.41) is 13.8. The SMILES string of the molecule is Cc1cc(=O)n2nc(/C(Cl)=C/c3ccc(C(=O)O)cc3)sc2n1. The van der Waals surface area contributed by atoms with Crippen LogP contribution in [0.25, 0.3) is 16.1 Å². The Labute approximate surface area is 139 Å². The second kappa shape index (κ2) is 5.94. The third-order valence-corrected chi connectivity index (χ3v) is 4.37. The lowest BCUT2D eigenvalue weighted by molar-refractivity contribution is 0.0697. The van der Waals surface area contributed by atoms with Crippen molar-refractivity contribution in [2.24, 2.45) is 0 Å². The topological polar surface area (TPSA) is 84.6 Å². The van der Waals surface area contributed by atoms with Crippen LogP contribution >= 0.6 is 22.9 Å². The van der Waals surface area contributed by atoms with E-state index < -0.39 is 5.97 Å². The number of carboxylic acids is 1. The predicted molar refractivity (Wildman–Crippen MR) is 89.0 cm³/mol. The molecule has 0 unspecified atom stereocenters. The van der Waals surface area contributed by atoms with Gasteiger partial charge in [0.15, 0.2) is 5.01 Å². The fraction of sp³-hybridized carbons (Fsp3) is 0.0667. The monoisotopic (exact) mass is 347 g/mol. The molecule has 1 N–H and O–H groups in total. The third kappa shape index (κ3) is 3.15. The summed E-state index contributed by atoms with van der Waals surface area (Å²) in [4.78, 5) is 27.4. The minimum absolute atomic E-state index is 0.199. The Hall–Kier alpha value is -2.51. The Morgan fingerprint density at radius 1 is 1.35 bits per heavy atom. The van der Waals surface area contributed by atoms with E-state index in [0.29, 0.717) is 20.7 Å². The van der Waals surface area contributed by atoms with Crippen LogP contribution < -0.4 is 5.56 Å². The largest absolute Gasteiger partial charge is 0.478 e. The Morgan fingerprint density at radius 2 is 2.04 bits per heavy atom. The lowest BCUT2D eigenvalue weighted by Gasteiger charge is -1.97. The molecule has 0 aliphatic carbocycles. The number of fused-ring (bicyclic) bond motifs is 1. The van der Waals surface area contributed by atoms with E-state index in [2.05, 4.69) is 10.1 Å². The normalized spacial score (nSPS) is 11.8. The molecule has 2 aromatic heterocycles. The van der Waals surface area contributed by atoms with Crippen molar-refractivity contribution in [2.75, 3.05) is 0 Å². The van der Waals surface area contributed by atoms with E-state index in [9.17, 15) is 9.59 Å². The summed E-state index contributed by atoms with van der Waals surface area (Å²) in [7, 11) is 0. The summed E-state index contributed by atoms with van der Waals surface area (Å²) in [6.07, 6.45) is 1.66. The van der Waals surface area contributed by atoms with Gasteiger partial charge in [-0.3, -0.25) is 4.79 Å². The number of rotatable bonds is 3. The fourth-order valence-electron chi connectivity index (χ4n) is 1.95. The number of hydrogen-bond acceptors (Lipinski definition) is 5. The molecule has 0 amide bonds. The Bertz CT molecular complexity index is 989. The fourth-order valence-corrected chi connectivity index (χ4v) is 3.09. The van der Waals surface area contributed by atoms with Crippen LogP contribution in [0.3, 0.4) is 0 Å². The summed E-state index contributed by atoms with van der Waals surface area (Å²) in [5.41, 5.74) is 1.29. The maximum Gasteiger partial charge on any atom is 0.335 e. The van der Waals surface area contributed by atoms with E-state index >= 15 is 0 Å². The van der Waals surface area contributed by atoms with Gasteiger partial charge in [0.2, 0.25) is 4.96 Å². The number of aromatic carboxylic acids is 1. The highest BCUT2D eigenvalue weighted by Crippen LogP contribution is 2.26. The number of aryl methyl sites for hydroxylation is 1. The molecule has 3 aromatic rings. The lowest BCUT2D eigenvalue weighted by Crippen LogP contribution is -2.14. The zero-order chi connectivity index (χ0) is 16.6. The van der Waals surface area contributed by atoms with E-state index in [1.807, 2.05) is 0 Å². The van der Waals surface area contributed by atoms with Gasteiger partial charge in [-0.05, 0) is 30.7 Å². The average molecular weight is 348 g/mol. The van der Waals surface area contributed by atoms with Gasteiger partial charge >= 0.3 is 5.97 Å². The summed E-state index contributed by atoms with van der Waals surface area (Å²) in [6.45, 7) is 1.74. The van der Waals surface area contributed by atoms with Gasteiger partial charge in [-0.2, -0.15) is 9.61 Å². The number of carboxylic acid groups (broad SMARTS) is 1. The molecule has 0 saturated heterocycles. The average Bonchev–Trinajstić information content (AvgIpc) is 2.92. The van der Waals surface area contributed by atoms with E-state index in [-0.39, 0.29) is 11.1 Å². The van der Waals surface area contributed by atoms with Crippen LogP contribution in [0.2, 0.25) is 0 Å². The minimum atomic E-state index is -0.987. The summed E-state index contributed by atoms with van der Waals surface area (Å²) < 4.78 is 1.21. The number of benzene rings is 1. The highest BCUT2D eigenvalue weighted by atomic mass is 35.5. The van der Waals surface area contributed by atoms with Crippen molar-refractivity contribution in [3.05, 3.63) is 62.5 Å². The van der Waals surface area contributed by atoms with Gasteiger partial charge in [0, 0.05) is 11.8 Å². The minimum Gasteiger partial charge on any atom is -0.478 e. The molecule has 8 heteroatoms. The van der Waals surface area contributed by atoms with E-state index in [1.54, 1.807) is 25.1 Å². The molecule has 0 spiro atoms. The summed E-state index contributed by atoms with van der Waals surface area (Å²) in [5.74, 6) is -0.987. The maximum absolute atomic E-state index is 11.8. The molecule has 0 bridgehead atoms. The van der Waals surface area contributed by atoms with Crippen LogP contribution in [0.4, 0.5) is 0 Å². The van der Waals surface area contributed by atoms with Crippen LogP contribution in [0.15, 0.2) is 35.1 Å². The van der Waals surface area contributed by atoms with Gasteiger partial charge in [0.1, 0.15) is 0 Å². The number of nitrogens with zero attached hydrogens (tertiary/aromatic N) is 3. The van der Waals surface area contributed by atoms with Gasteiger partial charge in [-0.15, -0.1) is 0 Å². The van der Waals surface area contributed by atoms with E-state index in [4.69, 9.17) is 16.7 Å². The first-order valence-corrected chi connectivity index (χ1v) is 7.72. The first-order chi connectivity index (χ1) is 10.9. The molecular formula is C15H10ClN3O3S. The first kappa shape index (κ1) is 15.4. The van der Waals surface area contributed by atoms with Crippen molar-refractivity contribution in [3.63, 3.8) is 0 Å². The third-order valence-electron chi connectivity index (χ3n) is 3.03. The van der Waals surface area contributed by atoms with Crippen molar-refractivity contribution in [2.45, 2.75) is 6.92 Å². The van der Waals surface area contributed by atoms with Crippen molar-refractivity contribution >= 4 is 45.0 Å². The predicted octanol–water partition coefficient (Wildman–Crippen LogP) is 2.89. The molecule has 116 valence electrons. The lowest BCUT2D eigenvalue weighted by atomic mass is 10.1. The molecule has 0 atom stereocenters. The van der Waals surface area contributed by atoms with E-state index in [0.717, 1.165) is 5.56 Å². The molecule has 23 heavy (non-hydrogen) atoms. The Morgan fingerprint density at radius 3 is 2.70 bits per heavy atom. The second-order valence-electron chi connectivity index (χ2n) is 4.76. The van der Waals surface area contributed by atoms with Crippen LogP contribution in [0.5, 0.6) is 0 Å².